The average Bonchev–Trinajstić information content (AvgIpc) is 2.62. The Morgan fingerprint density at radius 2 is 1.29 bits per heavy atom. The van der Waals surface area contributed by atoms with Gasteiger partial charge in [0.2, 0.25) is 0 Å². The summed E-state index contributed by atoms with van der Waals surface area (Å²) in [5.74, 6) is 0.241. The van der Waals surface area contributed by atoms with Crippen molar-refractivity contribution in [1.29, 1.82) is 0 Å². The summed E-state index contributed by atoms with van der Waals surface area (Å²) in [4.78, 5) is 4.71. The van der Waals surface area contributed by atoms with Crippen molar-refractivity contribution in [1.82, 2.24) is 4.98 Å². The molecule has 0 fully saturated rings. The number of fused-ring (bicyclic) bond motifs is 1. The zero-order valence-corrected chi connectivity index (χ0v) is 12.8. The van der Waals surface area contributed by atoms with Crippen molar-refractivity contribution in [3.8, 4) is 33.9 Å². The zero-order chi connectivity index (χ0) is 16.5. The monoisotopic (exact) mass is 313 g/mol. The molecule has 3 heteroatoms. The molecule has 4 aromatic rings. The predicted molar refractivity (Wildman–Crippen MR) is 95.9 cm³/mol. The molecule has 0 atom stereocenters. The first-order chi connectivity index (χ1) is 11.7. The maximum Gasteiger partial charge on any atom is 0.124 e. The fourth-order valence-electron chi connectivity index (χ4n) is 2.94. The maximum absolute atomic E-state index is 10.4. The van der Waals surface area contributed by atoms with Crippen molar-refractivity contribution in [3.63, 3.8) is 0 Å². The number of hydrogen-bond acceptors (Lipinski definition) is 3. The Kier molecular flexibility index (Phi) is 3.39. The Morgan fingerprint density at radius 1 is 0.583 bits per heavy atom. The number of hydrogen-bond donors (Lipinski definition) is 2. The van der Waals surface area contributed by atoms with Crippen molar-refractivity contribution >= 4 is 10.9 Å². The summed E-state index contributed by atoms with van der Waals surface area (Å²) in [6, 6.07) is 24.1. The summed E-state index contributed by atoms with van der Waals surface area (Å²) in [7, 11) is 0. The highest BCUT2D eigenvalue weighted by atomic mass is 16.3. The third-order valence-electron chi connectivity index (χ3n) is 4.09. The highest BCUT2D eigenvalue weighted by molar-refractivity contribution is 5.90. The molecule has 1 heterocycles. The molecular formula is C21H15NO2. The number of phenols is 2. The van der Waals surface area contributed by atoms with Crippen LogP contribution in [0.2, 0.25) is 0 Å². The van der Waals surface area contributed by atoms with Gasteiger partial charge in [-0.3, -0.25) is 0 Å². The van der Waals surface area contributed by atoms with Crippen LogP contribution in [0.5, 0.6) is 11.5 Å². The van der Waals surface area contributed by atoms with Crippen LogP contribution < -0.4 is 0 Å². The Bertz CT molecular complexity index is 1040. The first-order valence-electron chi connectivity index (χ1n) is 7.70. The lowest BCUT2D eigenvalue weighted by Crippen LogP contribution is -1.90. The van der Waals surface area contributed by atoms with Gasteiger partial charge in [0.25, 0.3) is 0 Å². The third kappa shape index (κ3) is 2.36. The fourth-order valence-corrected chi connectivity index (χ4v) is 2.94. The number of phenolic OH excluding ortho intramolecular Hbond substituents is 2. The van der Waals surface area contributed by atoms with Crippen LogP contribution in [-0.2, 0) is 0 Å². The van der Waals surface area contributed by atoms with Gasteiger partial charge in [0, 0.05) is 22.1 Å². The van der Waals surface area contributed by atoms with E-state index in [0.29, 0.717) is 11.1 Å². The fraction of sp³-hybridized carbons (Fsp3) is 0. The molecule has 0 amide bonds. The molecular weight excluding hydrogens is 298 g/mol. The van der Waals surface area contributed by atoms with Gasteiger partial charge in [-0.15, -0.1) is 0 Å². The van der Waals surface area contributed by atoms with Gasteiger partial charge in [0.1, 0.15) is 11.5 Å². The number of aromatic nitrogens is 1. The van der Waals surface area contributed by atoms with E-state index in [1.807, 2.05) is 48.5 Å². The van der Waals surface area contributed by atoms with Gasteiger partial charge >= 0.3 is 0 Å². The van der Waals surface area contributed by atoms with Gasteiger partial charge in [0.05, 0.1) is 11.2 Å². The van der Waals surface area contributed by atoms with Crippen molar-refractivity contribution in [3.05, 3.63) is 78.9 Å². The van der Waals surface area contributed by atoms with E-state index in [1.54, 1.807) is 30.3 Å². The number of benzene rings is 3. The van der Waals surface area contributed by atoms with Crippen molar-refractivity contribution in [2.24, 2.45) is 0 Å². The van der Waals surface area contributed by atoms with Gasteiger partial charge in [-0.05, 0) is 24.3 Å². The smallest absolute Gasteiger partial charge is 0.124 e. The second-order valence-electron chi connectivity index (χ2n) is 5.61. The number of rotatable bonds is 2. The zero-order valence-electron chi connectivity index (χ0n) is 12.8. The second kappa shape index (κ2) is 5.70. The van der Waals surface area contributed by atoms with Gasteiger partial charge in [-0.25, -0.2) is 4.98 Å². The number of para-hydroxylation sites is 2. The molecule has 3 nitrogen and oxygen atoms in total. The summed E-state index contributed by atoms with van der Waals surface area (Å²) in [5.41, 5.74) is 3.59. The van der Waals surface area contributed by atoms with Gasteiger partial charge in [0.15, 0.2) is 0 Å². The van der Waals surface area contributed by atoms with Crippen LogP contribution in [0.25, 0.3) is 33.3 Å². The molecule has 3 aromatic carbocycles. The quantitative estimate of drug-likeness (QED) is 0.549. The minimum absolute atomic E-state index is 0.115. The SMILES string of the molecule is Oc1ccccc1-c1c(O)cccc1-c1ccc2ccccc2n1. The predicted octanol–water partition coefficient (Wildman–Crippen LogP) is 4.98. The van der Waals surface area contributed by atoms with Crippen LogP contribution in [0.15, 0.2) is 78.9 Å². The minimum Gasteiger partial charge on any atom is -0.507 e. The lowest BCUT2D eigenvalue weighted by atomic mass is 9.95. The maximum atomic E-state index is 10.4. The van der Waals surface area contributed by atoms with E-state index in [-0.39, 0.29) is 11.5 Å². The summed E-state index contributed by atoms with van der Waals surface area (Å²) in [6.45, 7) is 0. The first kappa shape index (κ1) is 14.3. The van der Waals surface area contributed by atoms with Crippen LogP contribution >= 0.6 is 0 Å². The summed E-state index contributed by atoms with van der Waals surface area (Å²) in [5, 5.41) is 21.7. The minimum atomic E-state index is 0.115. The lowest BCUT2D eigenvalue weighted by Gasteiger charge is -2.13. The lowest BCUT2D eigenvalue weighted by molar-refractivity contribution is 0.469. The molecule has 116 valence electrons. The molecule has 0 bridgehead atoms. The summed E-state index contributed by atoms with van der Waals surface area (Å²) < 4.78 is 0. The Labute approximate surface area is 139 Å². The molecule has 24 heavy (non-hydrogen) atoms. The third-order valence-corrected chi connectivity index (χ3v) is 4.09. The number of nitrogens with zero attached hydrogens (tertiary/aromatic N) is 1. The van der Waals surface area contributed by atoms with Crippen molar-refractivity contribution < 1.29 is 10.2 Å². The first-order valence-corrected chi connectivity index (χ1v) is 7.70. The Balaban J connectivity index is 1.98. The van der Waals surface area contributed by atoms with E-state index < -0.39 is 0 Å². The van der Waals surface area contributed by atoms with E-state index in [0.717, 1.165) is 22.2 Å². The van der Waals surface area contributed by atoms with Gasteiger partial charge in [-0.2, -0.15) is 0 Å². The molecule has 0 aliphatic carbocycles. The average molecular weight is 313 g/mol. The van der Waals surface area contributed by atoms with Gasteiger partial charge < -0.3 is 10.2 Å². The highest BCUT2D eigenvalue weighted by Gasteiger charge is 2.15. The Hall–Kier alpha value is -3.33. The topological polar surface area (TPSA) is 53.4 Å². The largest absolute Gasteiger partial charge is 0.507 e. The molecule has 1 aromatic heterocycles. The molecule has 4 rings (SSSR count). The number of aromatic hydroxyl groups is 2. The molecule has 0 aliphatic heterocycles. The van der Waals surface area contributed by atoms with E-state index >= 15 is 0 Å². The van der Waals surface area contributed by atoms with Crippen LogP contribution in [0.3, 0.4) is 0 Å². The molecule has 0 saturated carbocycles. The highest BCUT2D eigenvalue weighted by Crippen LogP contribution is 2.41. The van der Waals surface area contributed by atoms with Gasteiger partial charge in [-0.1, -0.05) is 54.6 Å². The normalized spacial score (nSPS) is 10.8. The molecule has 0 saturated heterocycles. The molecule has 2 N–H and O–H groups in total. The Morgan fingerprint density at radius 3 is 2.17 bits per heavy atom. The summed E-state index contributed by atoms with van der Waals surface area (Å²) >= 11 is 0. The van der Waals surface area contributed by atoms with E-state index in [4.69, 9.17) is 4.98 Å². The van der Waals surface area contributed by atoms with Crippen molar-refractivity contribution in [2.45, 2.75) is 0 Å². The summed E-state index contributed by atoms with van der Waals surface area (Å²) in [6.07, 6.45) is 0. The van der Waals surface area contributed by atoms with Crippen LogP contribution in [-0.4, -0.2) is 15.2 Å². The van der Waals surface area contributed by atoms with E-state index in [1.165, 1.54) is 0 Å². The second-order valence-corrected chi connectivity index (χ2v) is 5.61. The molecule has 0 unspecified atom stereocenters. The van der Waals surface area contributed by atoms with Crippen LogP contribution in [0.4, 0.5) is 0 Å². The molecule has 0 radical (unpaired) electrons. The van der Waals surface area contributed by atoms with Crippen molar-refractivity contribution in [2.75, 3.05) is 0 Å². The van der Waals surface area contributed by atoms with Crippen LogP contribution in [0.1, 0.15) is 0 Å². The number of pyridine rings is 1. The standard InChI is InChI=1S/C21H15NO2/c23-19-10-4-2-7-16(19)21-15(8-5-11-20(21)24)18-13-12-14-6-1-3-9-17(14)22-18/h1-13,23-24H. The van der Waals surface area contributed by atoms with Crippen LogP contribution in [0, 0.1) is 0 Å². The molecule has 0 spiro atoms. The molecule has 0 aliphatic rings. The van der Waals surface area contributed by atoms with E-state index in [9.17, 15) is 10.2 Å². The van der Waals surface area contributed by atoms with E-state index in [2.05, 4.69) is 0 Å².